The number of likely N-dealkylation sites (N-methyl/N-ethyl adjacent to an activating group) is 1. The van der Waals surface area contributed by atoms with E-state index in [0.29, 0.717) is 13.1 Å². The predicted molar refractivity (Wildman–Crippen MR) is 103 cm³/mol. The molecule has 1 fully saturated rings. The third kappa shape index (κ3) is 4.11. The molecule has 2 aromatic rings. The summed E-state index contributed by atoms with van der Waals surface area (Å²) in [6.07, 6.45) is 0.267. The van der Waals surface area contributed by atoms with E-state index in [1.54, 1.807) is 4.90 Å². The van der Waals surface area contributed by atoms with Crippen LogP contribution in [0.3, 0.4) is 0 Å². The topological polar surface area (TPSA) is 61.4 Å². The van der Waals surface area contributed by atoms with E-state index in [0.717, 1.165) is 16.5 Å². The lowest BCUT2D eigenvalue weighted by Crippen LogP contribution is -2.40. The van der Waals surface area contributed by atoms with E-state index in [9.17, 15) is 9.59 Å². The number of fused-ring (bicyclic) bond motifs is 1. The molecule has 0 radical (unpaired) electrons. The summed E-state index contributed by atoms with van der Waals surface area (Å²) in [4.78, 5) is 26.5. The number of carbonyl (C=O) groups is 2. The summed E-state index contributed by atoms with van der Waals surface area (Å²) in [5, 5.41) is 8.14. The van der Waals surface area contributed by atoms with E-state index in [1.165, 1.54) is 0 Å². The van der Waals surface area contributed by atoms with Crippen LogP contribution in [0.2, 0.25) is 0 Å². The van der Waals surface area contributed by atoms with Gasteiger partial charge < -0.3 is 15.5 Å². The van der Waals surface area contributed by atoms with Crippen molar-refractivity contribution in [2.75, 3.05) is 25.0 Å². The summed E-state index contributed by atoms with van der Waals surface area (Å²) < 4.78 is 0. The van der Waals surface area contributed by atoms with Gasteiger partial charge in [0.15, 0.2) is 0 Å². The Morgan fingerprint density at radius 2 is 1.96 bits per heavy atom. The minimum atomic E-state index is -0.291. The lowest BCUT2D eigenvalue weighted by atomic mass is 10.1. The molecule has 0 aromatic heterocycles. The normalized spacial score (nSPS) is 18.1. The van der Waals surface area contributed by atoms with Gasteiger partial charge in [0.25, 0.3) is 0 Å². The van der Waals surface area contributed by atoms with Gasteiger partial charge in [-0.05, 0) is 25.4 Å². The van der Waals surface area contributed by atoms with Crippen molar-refractivity contribution in [1.82, 2.24) is 10.6 Å². The Hall–Kier alpha value is -2.11. The number of nitrogens with one attached hydrogen (secondary N) is 2. The Bertz CT molecular complexity index is 760. The predicted octanol–water partition coefficient (Wildman–Crippen LogP) is 2.34. The first kappa shape index (κ1) is 19.2. The number of benzene rings is 2. The van der Waals surface area contributed by atoms with Gasteiger partial charge in [-0.1, -0.05) is 36.4 Å². The van der Waals surface area contributed by atoms with Crippen molar-refractivity contribution in [2.24, 2.45) is 5.92 Å². The molecule has 6 heteroatoms. The molecule has 2 unspecified atom stereocenters. The van der Waals surface area contributed by atoms with Crippen molar-refractivity contribution >= 4 is 40.7 Å². The van der Waals surface area contributed by atoms with Crippen LogP contribution in [-0.2, 0) is 9.59 Å². The highest BCUT2D eigenvalue weighted by Gasteiger charge is 2.35. The Balaban J connectivity index is 0.00000225. The van der Waals surface area contributed by atoms with Crippen LogP contribution in [-0.4, -0.2) is 38.0 Å². The molecular weight excluding hydrogens is 338 g/mol. The zero-order valence-corrected chi connectivity index (χ0v) is 15.3. The summed E-state index contributed by atoms with van der Waals surface area (Å²) >= 11 is 0. The minimum absolute atomic E-state index is 0. The number of rotatable bonds is 5. The first-order valence-electron chi connectivity index (χ1n) is 8.33. The average molecular weight is 362 g/mol. The van der Waals surface area contributed by atoms with Crippen molar-refractivity contribution in [3.05, 3.63) is 42.5 Å². The van der Waals surface area contributed by atoms with E-state index in [-0.39, 0.29) is 42.6 Å². The summed E-state index contributed by atoms with van der Waals surface area (Å²) in [7, 11) is 1.86. The molecule has 134 valence electrons. The SMILES string of the molecule is CNC(C)CNC(=O)C1CC(=O)N(c2cccc3ccccc23)C1.Cl. The van der Waals surface area contributed by atoms with Crippen LogP contribution in [0.5, 0.6) is 0 Å². The number of hydrogen-bond acceptors (Lipinski definition) is 3. The minimum Gasteiger partial charge on any atom is -0.354 e. The fourth-order valence-electron chi connectivity index (χ4n) is 3.06. The number of anilines is 1. The van der Waals surface area contributed by atoms with Crippen molar-refractivity contribution < 1.29 is 9.59 Å². The van der Waals surface area contributed by atoms with Crippen LogP contribution >= 0.6 is 12.4 Å². The van der Waals surface area contributed by atoms with Gasteiger partial charge >= 0.3 is 0 Å². The molecule has 25 heavy (non-hydrogen) atoms. The molecule has 2 amide bonds. The first-order chi connectivity index (χ1) is 11.6. The Morgan fingerprint density at radius 1 is 1.24 bits per heavy atom. The zero-order valence-electron chi connectivity index (χ0n) is 14.5. The molecule has 2 atom stereocenters. The molecule has 1 aliphatic rings. The summed E-state index contributed by atoms with van der Waals surface area (Å²) in [5.74, 6) is -0.332. The second-order valence-electron chi connectivity index (χ2n) is 6.34. The lowest BCUT2D eigenvalue weighted by molar-refractivity contribution is -0.126. The Labute approximate surface area is 154 Å². The van der Waals surface area contributed by atoms with Crippen LogP contribution in [0.15, 0.2) is 42.5 Å². The molecule has 1 heterocycles. The van der Waals surface area contributed by atoms with Gasteiger partial charge in [0.2, 0.25) is 11.8 Å². The van der Waals surface area contributed by atoms with Crippen molar-refractivity contribution in [1.29, 1.82) is 0 Å². The third-order valence-corrected chi connectivity index (χ3v) is 4.63. The molecule has 3 rings (SSSR count). The van der Waals surface area contributed by atoms with Crippen molar-refractivity contribution in [3.8, 4) is 0 Å². The van der Waals surface area contributed by atoms with Crippen molar-refractivity contribution in [3.63, 3.8) is 0 Å². The van der Waals surface area contributed by atoms with Crippen LogP contribution in [0.1, 0.15) is 13.3 Å². The second-order valence-corrected chi connectivity index (χ2v) is 6.34. The number of carbonyl (C=O) groups excluding carboxylic acids is 2. The van der Waals surface area contributed by atoms with E-state index < -0.39 is 0 Å². The average Bonchev–Trinajstić information content (AvgIpc) is 3.00. The standard InChI is InChI=1S/C19H23N3O2.ClH/c1-13(20-2)11-21-19(24)15-10-18(23)22(12-15)17-9-5-7-14-6-3-4-8-16(14)17;/h3-9,13,15,20H,10-12H2,1-2H3,(H,21,24);1H. The van der Waals surface area contributed by atoms with Crippen LogP contribution in [0.4, 0.5) is 5.69 Å². The fraction of sp³-hybridized carbons (Fsp3) is 0.368. The van der Waals surface area contributed by atoms with Gasteiger partial charge in [-0.2, -0.15) is 0 Å². The van der Waals surface area contributed by atoms with E-state index >= 15 is 0 Å². The highest BCUT2D eigenvalue weighted by molar-refractivity contribution is 6.06. The molecule has 0 aliphatic carbocycles. The molecule has 0 saturated carbocycles. The molecule has 2 aromatic carbocycles. The molecule has 0 spiro atoms. The summed E-state index contributed by atoms with van der Waals surface area (Å²) in [6, 6.07) is 14.1. The van der Waals surface area contributed by atoms with Crippen LogP contribution in [0.25, 0.3) is 10.8 Å². The monoisotopic (exact) mass is 361 g/mol. The van der Waals surface area contributed by atoms with E-state index in [2.05, 4.69) is 10.6 Å². The fourth-order valence-corrected chi connectivity index (χ4v) is 3.06. The van der Waals surface area contributed by atoms with Gasteiger partial charge in [-0.15, -0.1) is 12.4 Å². The van der Waals surface area contributed by atoms with E-state index in [4.69, 9.17) is 0 Å². The zero-order chi connectivity index (χ0) is 17.1. The first-order valence-corrected chi connectivity index (χ1v) is 8.33. The van der Waals surface area contributed by atoms with Gasteiger partial charge in [0, 0.05) is 30.9 Å². The molecular formula is C19H24ClN3O2. The maximum atomic E-state index is 12.5. The molecule has 0 bridgehead atoms. The highest BCUT2D eigenvalue weighted by atomic mass is 35.5. The number of hydrogen-bond donors (Lipinski definition) is 2. The van der Waals surface area contributed by atoms with Gasteiger partial charge in [0.1, 0.15) is 0 Å². The molecule has 2 N–H and O–H groups in total. The van der Waals surface area contributed by atoms with Gasteiger partial charge in [0.05, 0.1) is 11.6 Å². The summed E-state index contributed by atoms with van der Waals surface area (Å²) in [5.41, 5.74) is 0.886. The molecule has 1 saturated heterocycles. The number of halogens is 1. The van der Waals surface area contributed by atoms with Crippen LogP contribution in [0, 0.1) is 5.92 Å². The van der Waals surface area contributed by atoms with Gasteiger partial charge in [-0.3, -0.25) is 9.59 Å². The van der Waals surface area contributed by atoms with Gasteiger partial charge in [-0.25, -0.2) is 0 Å². The largest absolute Gasteiger partial charge is 0.354 e. The quantitative estimate of drug-likeness (QED) is 0.859. The smallest absolute Gasteiger partial charge is 0.227 e. The maximum Gasteiger partial charge on any atom is 0.227 e. The van der Waals surface area contributed by atoms with Crippen molar-refractivity contribution in [2.45, 2.75) is 19.4 Å². The molecule has 5 nitrogen and oxygen atoms in total. The lowest BCUT2D eigenvalue weighted by Gasteiger charge is -2.19. The second kappa shape index (κ2) is 8.32. The summed E-state index contributed by atoms with van der Waals surface area (Å²) in [6.45, 7) is 3.00. The number of nitrogens with zero attached hydrogens (tertiary/aromatic N) is 1. The molecule has 1 aliphatic heterocycles. The number of amides is 2. The van der Waals surface area contributed by atoms with Crippen LogP contribution < -0.4 is 15.5 Å². The Kier molecular flexibility index (Phi) is 6.39. The third-order valence-electron chi connectivity index (χ3n) is 4.63. The Morgan fingerprint density at radius 3 is 2.72 bits per heavy atom. The highest BCUT2D eigenvalue weighted by Crippen LogP contribution is 2.31. The maximum absolute atomic E-state index is 12.5. The van der Waals surface area contributed by atoms with E-state index in [1.807, 2.05) is 56.4 Å².